The van der Waals surface area contributed by atoms with Crippen LogP contribution >= 0.6 is 0 Å². The number of carbonyl (C=O) groups is 3. The number of esters is 1. The average molecular weight is 609 g/mol. The number of amides is 2. The van der Waals surface area contributed by atoms with E-state index in [0.717, 1.165) is 32.1 Å². The Hall–Kier alpha value is -1.59. The Morgan fingerprint density at radius 3 is 1.35 bits per heavy atom. The molecule has 2 amide bonds. The maximum Gasteiger partial charge on any atom is 0.328 e. The number of nitrogens with two attached hydrogens (primary N) is 1. The van der Waals surface area contributed by atoms with Crippen LogP contribution in [-0.2, 0) is 19.1 Å². The fourth-order valence-corrected chi connectivity index (χ4v) is 5.79. The van der Waals surface area contributed by atoms with Crippen LogP contribution in [0.25, 0.3) is 0 Å². The Bertz CT molecular complexity index is 655. The predicted molar refractivity (Wildman–Crippen MR) is 182 cm³/mol. The Balaban J connectivity index is 4.66. The molecule has 254 valence electrons. The number of rotatable bonds is 33. The largest absolute Gasteiger partial charge is 0.464 e. The van der Waals surface area contributed by atoms with Gasteiger partial charge in [0.05, 0.1) is 6.61 Å². The van der Waals surface area contributed by atoms with Gasteiger partial charge in [0.25, 0.3) is 0 Å². The molecule has 6 nitrogen and oxygen atoms in total. The molecule has 0 saturated heterocycles. The lowest BCUT2D eigenvalue weighted by atomic mass is 9.94. The van der Waals surface area contributed by atoms with E-state index in [4.69, 9.17) is 10.5 Å². The summed E-state index contributed by atoms with van der Waals surface area (Å²) in [4.78, 5) is 37.2. The van der Waals surface area contributed by atoms with Gasteiger partial charge in [0, 0.05) is 12.8 Å². The first kappa shape index (κ1) is 41.4. The second-order valence-corrected chi connectivity index (χ2v) is 13.0. The van der Waals surface area contributed by atoms with E-state index in [1.807, 2.05) is 0 Å². The minimum atomic E-state index is -0.809. The average Bonchev–Trinajstić information content (AvgIpc) is 2.99. The summed E-state index contributed by atoms with van der Waals surface area (Å²) in [5.74, 6) is -0.686. The zero-order valence-electron chi connectivity index (χ0n) is 28.9. The molecule has 6 heteroatoms. The minimum absolute atomic E-state index is 0.0531. The highest BCUT2D eigenvalue weighted by molar-refractivity contribution is 5.85. The van der Waals surface area contributed by atoms with Crippen LogP contribution < -0.4 is 11.1 Å². The van der Waals surface area contributed by atoms with Gasteiger partial charge in [0.15, 0.2) is 0 Å². The maximum absolute atomic E-state index is 13.1. The van der Waals surface area contributed by atoms with Gasteiger partial charge in [-0.1, -0.05) is 162 Å². The van der Waals surface area contributed by atoms with E-state index in [2.05, 4.69) is 26.1 Å². The van der Waals surface area contributed by atoms with E-state index in [1.54, 1.807) is 0 Å². The van der Waals surface area contributed by atoms with Crippen molar-refractivity contribution in [1.82, 2.24) is 5.32 Å². The number of carbonyl (C=O) groups excluding carboxylic acids is 3. The Labute approximate surface area is 266 Å². The summed E-state index contributed by atoms with van der Waals surface area (Å²) in [7, 11) is 0. The quantitative estimate of drug-likeness (QED) is 0.0572. The third-order valence-corrected chi connectivity index (χ3v) is 8.70. The van der Waals surface area contributed by atoms with Crippen molar-refractivity contribution in [2.75, 3.05) is 6.61 Å². The van der Waals surface area contributed by atoms with Crippen molar-refractivity contribution in [3.05, 3.63) is 0 Å². The van der Waals surface area contributed by atoms with Crippen LogP contribution in [0.15, 0.2) is 0 Å². The molecule has 0 aliphatic carbocycles. The van der Waals surface area contributed by atoms with Crippen LogP contribution in [0.4, 0.5) is 0 Å². The number of unbranched alkanes of at least 4 members (excludes halogenated alkanes) is 20. The SMILES string of the molecule is CCCCCCCCCCCC(=O)NC(CCC(N)=O)C(=O)OCC(CCCCCCCC)CCCCCCCCCC. The Kier molecular flexibility index (Phi) is 30.6. The molecule has 2 atom stereocenters. The first-order valence-electron chi connectivity index (χ1n) is 18.7. The van der Waals surface area contributed by atoms with Crippen molar-refractivity contribution in [2.24, 2.45) is 11.7 Å². The van der Waals surface area contributed by atoms with Gasteiger partial charge in [-0.15, -0.1) is 0 Å². The standard InChI is InChI=1S/C37H72N2O4/c1-4-7-10-13-16-18-20-23-26-29-36(41)39-34(30-31-35(38)40)37(42)43-32-33(27-24-21-15-12-9-6-3)28-25-22-19-17-14-11-8-5-2/h33-34H,4-32H2,1-3H3,(H2,38,40)(H,39,41). The third-order valence-electron chi connectivity index (χ3n) is 8.70. The van der Waals surface area contributed by atoms with Crippen molar-refractivity contribution < 1.29 is 19.1 Å². The summed E-state index contributed by atoms with van der Waals surface area (Å²) in [6.45, 7) is 7.12. The molecule has 0 aliphatic rings. The Morgan fingerprint density at radius 1 is 0.535 bits per heavy atom. The first-order chi connectivity index (χ1) is 20.9. The van der Waals surface area contributed by atoms with E-state index in [0.29, 0.717) is 18.9 Å². The topological polar surface area (TPSA) is 98.5 Å². The zero-order valence-corrected chi connectivity index (χ0v) is 28.9. The molecule has 0 radical (unpaired) electrons. The number of primary amides is 1. The van der Waals surface area contributed by atoms with Crippen molar-refractivity contribution >= 4 is 17.8 Å². The number of nitrogens with one attached hydrogen (secondary N) is 1. The van der Waals surface area contributed by atoms with Crippen LogP contribution in [0, 0.1) is 5.92 Å². The second kappa shape index (κ2) is 31.8. The molecular formula is C37H72N2O4. The highest BCUT2D eigenvalue weighted by Gasteiger charge is 2.24. The molecule has 43 heavy (non-hydrogen) atoms. The summed E-state index contributed by atoms with van der Waals surface area (Å²) >= 11 is 0. The molecule has 0 saturated carbocycles. The lowest BCUT2D eigenvalue weighted by molar-refractivity contribution is -0.149. The van der Waals surface area contributed by atoms with Gasteiger partial charge in [-0.3, -0.25) is 9.59 Å². The molecule has 0 fully saturated rings. The van der Waals surface area contributed by atoms with E-state index < -0.39 is 17.9 Å². The monoisotopic (exact) mass is 609 g/mol. The van der Waals surface area contributed by atoms with E-state index in [1.165, 1.54) is 128 Å². The molecule has 0 aromatic carbocycles. The van der Waals surface area contributed by atoms with Crippen LogP contribution in [0.3, 0.4) is 0 Å². The summed E-state index contributed by atoms with van der Waals surface area (Å²) in [5.41, 5.74) is 5.37. The van der Waals surface area contributed by atoms with Crippen molar-refractivity contribution in [3.63, 3.8) is 0 Å². The maximum atomic E-state index is 13.1. The number of hydrogen-bond donors (Lipinski definition) is 2. The van der Waals surface area contributed by atoms with Crippen molar-refractivity contribution in [2.45, 2.75) is 207 Å². The van der Waals surface area contributed by atoms with Gasteiger partial charge in [-0.25, -0.2) is 4.79 Å². The lowest BCUT2D eigenvalue weighted by Gasteiger charge is -2.21. The highest BCUT2D eigenvalue weighted by Crippen LogP contribution is 2.21. The van der Waals surface area contributed by atoms with Crippen LogP contribution in [0.2, 0.25) is 0 Å². The fraction of sp³-hybridized carbons (Fsp3) is 0.919. The zero-order chi connectivity index (χ0) is 31.8. The first-order valence-corrected chi connectivity index (χ1v) is 18.7. The second-order valence-electron chi connectivity index (χ2n) is 13.0. The minimum Gasteiger partial charge on any atom is -0.464 e. The summed E-state index contributed by atoms with van der Waals surface area (Å²) in [6, 6.07) is -0.809. The van der Waals surface area contributed by atoms with Crippen molar-refractivity contribution in [1.29, 1.82) is 0 Å². The van der Waals surface area contributed by atoms with Gasteiger partial charge in [0.1, 0.15) is 6.04 Å². The Morgan fingerprint density at radius 2 is 0.930 bits per heavy atom. The number of hydrogen-bond acceptors (Lipinski definition) is 4. The van der Waals surface area contributed by atoms with Crippen LogP contribution in [0.5, 0.6) is 0 Å². The molecule has 0 aliphatic heterocycles. The summed E-state index contributed by atoms with van der Waals surface area (Å²) in [5, 5.41) is 2.85. The molecular weight excluding hydrogens is 536 g/mol. The smallest absolute Gasteiger partial charge is 0.328 e. The molecule has 0 spiro atoms. The van der Waals surface area contributed by atoms with Crippen LogP contribution in [-0.4, -0.2) is 30.4 Å². The van der Waals surface area contributed by atoms with Gasteiger partial charge < -0.3 is 15.8 Å². The van der Waals surface area contributed by atoms with Gasteiger partial charge >= 0.3 is 5.97 Å². The van der Waals surface area contributed by atoms with Gasteiger partial charge in [-0.05, 0) is 31.6 Å². The van der Waals surface area contributed by atoms with Crippen LogP contribution in [0.1, 0.15) is 201 Å². The molecule has 0 heterocycles. The summed E-state index contributed by atoms with van der Waals surface area (Å²) in [6.07, 6.45) is 31.3. The van der Waals surface area contributed by atoms with Gasteiger partial charge in [0.2, 0.25) is 11.8 Å². The molecule has 0 rings (SSSR count). The normalized spacial score (nSPS) is 12.6. The van der Waals surface area contributed by atoms with E-state index >= 15 is 0 Å². The molecule has 0 bridgehead atoms. The van der Waals surface area contributed by atoms with Crippen molar-refractivity contribution in [3.8, 4) is 0 Å². The summed E-state index contributed by atoms with van der Waals surface area (Å²) < 4.78 is 5.81. The predicted octanol–water partition coefficient (Wildman–Crippen LogP) is 10.1. The van der Waals surface area contributed by atoms with E-state index in [9.17, 15) is 14.4 Å². The molecule has 0 aromatic heterocycles. The number of ether oxygens (including phenoxy) is 1. The lowest BCUT2D eigenvalue weighted by Crippen LogP contribution is -2.42. The fourth-order valence-electron chi connectivity index (χ4n) is 5.79. The van der Waals surface area contributed by atoms with Gasteiger partial charge in [-0.2, -0.15) is 0 Å². The highest BCUT2D eigenvalue weighted by atomic mass is 16.5. The molecule has 2 unspecified atom stereocenters. The molecule has 0 aromatic rings. The molecule has 3 N–H and O–H groups in total. The third kappa shape index (κ3) is 28.9. The van der Waals surface area contributed by atoms with E-state index in [-0.39, 0.29) is 18.7 Å².